The molecule has 2 aliphatic rings. The SMILES string of the molecule is CCOc1cc(C(=O)NC2CCN(CC(O)c3ccc4c(c3C)COC4=O)CC2)ncc1C#N. The molecule has 1 aromatic heterocycles. The molecule has 0 bridgehead atoms. The van der Waals surface area contributed by atoms with Crippen LogP contribution in [0, 0.1) is 18.3 Å². The summed E-state index contributed by atoms with van der Waals surface area (Å²) in [6, 6.07) is 7.04. The molecule has 2 N–H and O–H groups in total. The molecule has 0 spiro atoms. The molecule has 0 aliphatic carbocycles. The predicted octanol–water partition coefficient (Wildman–Crippen LogP) is 2.26. The summed E-state index contributed by atoms with van der Waals surface area (Å²) in [7, 11) is 0. The topological polar surface area (TPSA) is 125 Å². The van der Waals surface area contributed by atoms with Crippen molar-refractivity contribution in [2.75, 3.05) is 26.2 Å². The van der Waals surface area contributed by atoms with E-state index in [1.807, 2.05) is 19.9 Å². The van der Waals surface area contributed by atoms with E-state index in [1.165, 1.54) is 12.3 Å². The normalized spacial score (nSPS) is 16.9. The van der Waals surface area contributed by atoms with Crippen molar-refractivity contribution in [3.63, 3.8) is 0 Å². The highest BCUT2D eigenvalue weighted by molar-refractivity contribution is 5.94. The number of benzene rings is 1. The number of cyclic esters (lactones) is 1. The van der Waals surface area contributed by atoms with Gasteiger partial charge in [0.1, 0.15) is 29.7 Å². The molecule has 9 heteroatoms. The van der Waals surface area contributed by atoms with Crippen LogP contribution >= 0.6 is 0 Å². The minimum absolute atomic E-state index is 0.00114. The summed E-state index contributed by atoms with van der Waals surface area (Å²) < 4.78 is 10.5. The number of hydrogen-bond donors (Lipinski definition) is 2. The number of carbonyl (C=O) groups excluding carboxylic acids is 2. The Morgan fingerprint density at radius 2 is 2.18 bits per heavy atom. The average molecular weight is 465 g/mol. The van der Waals surface area contributed by atoms with E-state index in [2.05, 4.69) is 15.2 Å². The molecule has 178 valence electrons. The second-order valence-electron chi connectivity index (χ2n) is 8.56. The van der Waals surface area contributed by atoms with E-state index in [-0.39, 0.29) is 30.2 Å². The molecular weight excluding hydrogens is 436 g/mol. The molecule has 34 heavy (non-hydrogen) atoms. The molecule has 1 unspecified atom stereocenters. The van der Waals surface area contributed by atoms with E-state index in [4.69, 9.17) is 14.7 Å². The number of nitrogens with one attached hydrogen (secondary N) is 1. The molecule has 0 radical (unpaired) electrons. The molecule has 1 saturated heterocycles. The lowest BCUT2D eigenvalue weighted by molar-refractivity contribution is 0.0534. The minimum Gasteiger partial charge on any atom is -0.492 e. The van der Waals surface area contributed by atoms with E-state index in [9.17, 15) is 14.7 Å². The van der Waals surface area contributed by atoms with Gasteiger partial charge in [-0.05, 0) is 43.9 Å². The second-order valence-corrected chi connectivity index (χ2v) is 8.56. The summed E-state index contributed by atoms with van der Waals surface area (Å²) >= 11 is 0. The van der Waals surface area contributed by atoms with Gasteiger partial charge in [0, 0.05) is 43.5 Å². The first kappa shape index (κ1) is 23.7. The number of rotatable bonds is 7. The van der Waals surface area contributed by atoms with Crippen molar-refractivity contribution in [2.24, 2.45) is 0 Å². The van der Waals surface area contributed by atoms with Crippen molar-refractivity contribution in [3.05, 3.63) is 57.9 Å². The monoisotopic (exact) mass is 464 g/mol. The Morgan fingerprint density at radius 3 is 2.88 bits per heavy atom. The van der Waals surface area contributed by atoms with E-state index >= 15 is 0 Å². The largest absolute Gasteiger partial charge is 0.492 e. The highest BCUT2D eigenvalue weighted by Crippen LogP contribution is 2.30. The van der Waals surface area contributed by atoms with Gasteiger partial charge in [-0.15, -0.1) is 0 Å². The molecule has 0 saturated carbocycles. The van der Waals surface area contributed by atoms with Gasteiger partial charge in [-0.1, -0.05) is 6.07 Å². The van der Waals surface area contributed by atoms with Crippen LogP contribution in [0.4, 0.5) is 0 Å². The maximum absolute atomic E-state index is 12.7. The summed E-state index contributed by atoms with van der Waals surface area (Å²) in [5.74, 6) is -0.255. The van der Waals surface area contributed by atoms with Crippen molar-refractivity contribution in [1.82, 2.24) is 15.2 Å². The fraction of sp³-hybridized carbons (Fsp3) is 0.440. The smallest absolute Gasteiger partial charge is 0.338 e. The number of aromatic nitrogens is 1. The van der Waals surface area contributed by atoms with E-state index < -0.39 is 6.10 Å². The molecular formula is C25H28N4O5. The Kier molecular flexibility index (Phi) is 7.10. The van der Waals surface area contributed by atoms with Gasteiger partial charge in [0.25, 0.3) is 5.91 Å². The van der Waals surface area contributed by atoms with Crippen molar-refractivity contribution in [2.45, 2.75) is 45.4 Å². The van der Waals surface area contributed by atoms with Crippen LogP contribution in [-0.4, -0.2) is 59.1 Å². The summed E-state index contributed by atoms with van der Waals surface area (Å²) in [5, 5.41) is 23.0. The van der Waals surface area contributed by atoms with Crippen molar-refractivity contribution in [1.29, 1.82) is 5.26 Å². The molecule has 1 amide bonds. The number of ether oxygens (including phenoxy) is 2. The predicted molar refractivity (Wildman–Crippen MR) is 122 cm³/mol. The van der Waals surface area contributed by atoms with Gasteiger partial charge < -0.3 is 24.8 Å². The quantitative estimate of drug-likeness (QED) is 0.598. The summed E-state index contributed by atoms with van der Waals surface area (Å²) in [6.45, 7) is 6.32. The summed E-state index contributed by atoms with van der Waals surface area (Å²) in [4.78, 5) is 30.7. The number of fused-ring (bicyclic) bond motifs is 1. The van der Waals surface area contributed by atoms with Crippen LogP contribution in [0.3, 0.4) is 0 Å². The van der Waals surface area contributed by atoms with Crippen LogP contribution in [0.25, 0.3) is 0 Å². The van der Waals surface area contributed by atoms with Gasteiger partial charge in [-0.25, -0.2) is 9.78 Å². The Morgan fingerprint density at radius 1 is 1.41 bits per heavy atom. The number of aliphatic hydroxyl groups excluding tert-OH is 1. The first-order chi connectivity index (χ1) is 16.4. The number of nitriles is 1. The number of esters is 1. The van der Waals surface area contributed by atoms with Crippen LogP contribution in [0.15, 0.2) is 24.4 Å². The van der Waals surface area contributed by atoms with E-state index in [0.717, 1.165) is 42.6 Å². The lowest BCUT2D eigenvalue weighted by Gasteiger charge is -2.33. The number of aliphatic hydroxyl groups is 1. The number of β-amino-alcohol motifs (C(OH)–C–C–N with tert-alkyl or cyclic N) is 1. The van der Waals surface area contributed by atoms with Crippen molar-refractivity contribution >= 4 is 11.9 Å². The number of carbonyl (C=O) groups is 2. The van der Waals surface area contributed by atoms with Gasteiger partial charge in [-0.3, -0.25) is 4.79 Å². The van der Waals surface area contributed by atoms with Gasteiger partial charge in [0.05, 0.1) is 18.3 Å². The summed E-state index contributed by atoms with van der Waals surface area (Å²) in [5.41, 5.74) is 3.66. The standard InChI is InChI=1S/C25H28N4O5/c1-3-33-23-10-21(27-12-16(23)11-26)24(31)28-17-6-8-29(9-7-17)13-22(30)18-4-5-19-20(15(18)2)14-34-25(19)32/h4-5,10,12,17,22,30H,3,6-9,13-14H2,1-2H3,(H,28,31). The number of hydrogen-bond acceptors (Lipinski definition) is 8. The van der Waals surface area contributed by atoms with Gasteiger partial charge in [0.15, 0.2) is 0 Å². The van der Waals surface area contributed by atoms with Crippen LogP contribution < -0.4 is 10.1 Å². The van der Waals surface area contributed by atoms with Gasteiger partial charge in [0.2, 0.25) is 0 Å². The Balaban J connectivity index is 1.31. The highest BCUT2D eigenvalue weighted by Gasteiger charge is 2.28. The second kappa shape index (κ2) is 10.2. The summed E-state index contributed by atoms with van der Waals surface area (Å²) in [6.07, 6.45) is 2.18. The number of amides is 1. The van der Waals surface area contributed by atoms with Gasteiger partial charge in [-0.2, -0.15) is 5.26 Å². The van der Waals surface area contributed by atoms with Crippen LogP contribution in [-0.2, 0) is 11.3 Å². The fourth-order valence-corrected chi connectivity index (χ4v) is 4.51. The van der Waals surface area contributed by atoms with Crippen LogP contribution in [0.2, 0.25) is 0 Å². The zero-order chi connectivity index (χ0) is 24.2. The molecule has 2 aromatic rings. The Hall–Kier alpha value is -3.48. The molecule has 1 atom stereocenters. The Labute approximate surface area is 198 Å². The third-order valence-electron chi connectivity index (χ3n) is 6.44. The highest BCUT2D eigenvalue weighted by atomic mass is 16.5. The van der Waals surface area contributed by atoms with Crippen LogP contribution in [0.1, 0.15) is 69.0 Å². The molecule has 3 heterocycles. The number of pyridine rings is 1. The molecule has 2 aliphatic heterocycles. The minimum atomic E-state index is -0.674. The first-order valence-electron chi connectivity index (χ1n) is 11.4. The van der Waals surface area contributed by atoms with Gasteiger partial charge >= 0.3 is 5.97 Å². The average Bonchev–Trinajstić information content (AvgIpc) is 3.22. The lowest BCUT2D eigenvalue weighted by atomic mass is 9.94. The van der Waals surface area contributed by atoms with E-state index in [0.29, 0.717) is 30.0 Å². The maximum Gasteiger partial charge on any atom is 0.338 e. The fourth-order valence-electron chi connectivity index (χ4n) is 4.51. The Bertz CT molecular complexity index is 1130. The molecule has 4 rings (SSSR count). The zero-order valence-electron chi connectivity index (χ0n) is 19.3. The third kappa shape index (κ3) is 4.88. The van der Waals surface area contributed by atoms with Crippen LogP contribution in [0.5, 0.6) is 5.75 Å². The third-order valence-corrected chi connectivity index (χ3v) is 6.44. The zero-order valence-corrected chi connectivity index (χ0v) is 19.3. The number of likely N-dealkylation sites (tertiary alicyclic amines) is 1. The molecule has 1 fully saturated rings. The van der Waals surface area contributed by atoms with Crippen molar-refractivity contribution < 1.29 is 24.2 Å². The van der Waals surface area contributed by atoms with Crippen molar-refractivity contribution in [3.8, 4) is 11.8 Å². The van der Waals surface area contributed by atoms with E-state index in [1.54, 1.807) is 12.1 Å². The molecule has 1 aromatic carbocycles. The maximum atomic E-state index is 12.7. The first-order valence-corrected chi connectivity index (χ1v) is 11.4. The number of piperidine rings is 1. The molecule has 9 nitrogen and oxygen atoms in total. The lowest BCUT2D eigenvalue weighted by Crippen LogP contribution is -2.45. The number of nitrogens with zero attached hydrogens (tertiary/aromatic N) is 3.